The van der Waals surface area contributed by atoms with Gasteiger partial charge in [-0.15, -0.1) is 5.10 Å². The minimum atomic E-state index is -0.799. The van der Waals surface area contributed by atoms with Crippen molar-refractivity contribution in [3.05, 3.63) is 62.8 Å². The second-order valence-corrected chi connectivity index (χ2v) is 6.69. The molecule has 0 aliphatic carbocycles. The van der Waals surface area contributed by atoms with Gasteiger partial charge >= 0.3 is 5.88 Å². The van der Waals surface area contributed by atoms with Crippen molar-refractivity contribution in [2.75, 3.05) is 5.75 Å². The second kappa shape index (κ2) is 6.30. The number of fused-ring (bicyclic) bond motifs is 2. The molecule has 1 N–H and O–H groups in total. The monoisotopic (exact) mass is 371 g/mol. The number of carbonyl (C=O) groups is 1. The summed E-state index contributed by atoms with van der Waals surface area (Å²) in [5.41, 5.74) is 0.333. The van der Waals surface area contributed by atoms with Crippen LogP contribution in [0.25, 0.3) is 5.70 Å². The maximum absolute atomic E-state index is 12.7. The summed E-state index contributed by atoms with van der Waals surface area (Å²) >= 11 is 1.38. The summed E-state index contributed by atoms with van der Waals surface area (Å²) in [4.78, 5) is 27.6. The summed E-state index contributed by atoms with van der Waals surface area (Å²) in [6, 6.07) is 9.92. The summed E-state index contributed by atoms with van der Waals surface area (Å²) in [5, 5.41) is 21.3. The van der Waals surface area contributed by atoms with Crippen LogP contribution in [0.4, 0.5) is 5.88 Å². The molecule has 0 saturated heterocycles. The molecule has 0 fully saturated rings. The number of para-hydroxylation sites is 1. The first-order chi connectivity index (χ1) is 12.6. The van der Waals surface area contributed by atoms with Gasteiger partial charge in [0.05, 0.1) is 11.4 Å². The molecule has 9 nitrogen and oxygen atoms in total. The third kappa shape index (κ3) is 2.64. The van der Waals surface area contributed by atoms with Gasteiger partial charge in [-0.1, -0.05) is 36.9 Å². The number of furan rings is 1. The van der Waals surface area contributed by atoms with E-state index in [9.17, 15) is 14.9 Å². The van der Waals surface area contributed by atoms with E-state index < -0.39 is 11.1 Å². The van der Waals surface area contributed by atoms with E-state index in [0.29, 0.717) is 21.4 Å². The zero-order chi connectivity index (χ0) is 18.3. The lowest BCUT2D eigenvalue weighted by Gasteiger charge is -2.32. The highest BCUT2D eigenvalue weighted by Crippen LogP contribution is 2.33. The summed E-state index contributed by atoms with van der Waals surface area (Å²) < 4.78 is 5.32. The van der Waals surface area contributed by atoms with Crippen LogP contribution >= 0.6 is 11.8 Å². The van der Waals surface area contributed by atoms with Crippen LogP contribution in [0.2, 0.25) is 0 Å². The Bertz CT molecular complexity index is 1060. The fourth-order valence-electron chi connectivity index (χ4n) is 2.79. The van der Waals surface area contributed by atoms with Crippen molar-refractivity contribution in [1.29, 1.82) is 0 Å². The first kappa shape index (κ1) is 16.3. The quantitative estimate of drug-likeness (QED) is 0.638. The number of nitro groups is 1. The van der Waals surface area contributed by atoms with Gasteiger partial charge in [0.2, 0.25) is 6.17 Å². The van der Waals surface area contributed by atoms with E-state index in [-0.39, 0.29) is 17.6 Å². The van der Waals surface area contributed by atoms with Gasteiger partial charge < -0.3 is 4.42 Å². The standard InChI is InChI=1S/C16H13N5O4S/c1-2-26-16-18-15(22)13-9-5-3-4-6-10(9)17-14(20(13)19-16)11-7-8-12(25-11)21(23)24/h3-8,14H,2H2,1H3,(H,18,19,22). The Morgan fingerprint density at radius 2 is 2.15 bits per heavy atom. The molecule has 1 amide bonds. The van der Waals surface area contributed by atoms with Crippen LogP contribution < -0.4 is 15.9 Å². The smallest absolute Gasteiger partial charge is 0.401 e. The van der Waals surface area contributed by atoms with E-state index >= 15 is 0 Å². The predicted octanol–water partition coefficient (Wildman–Crippen LogP) is 1.08. The van der Waals surface area contributed by atoms with Gasteiger partial charge in [0, 0.05) is 5.22 Å². The van der Waals surface area contributed by atoms with E-state index in [4.69, 9.17) is 4.42 Å². The van der Waals surface area contributed by atoms with E-state index in [1.807, 2.05) is 19.1 Å². The predicted molar refractivity (Wildman–Crippen MR) is 94.3 cm³/mol. The number of hydrogen-bond donors (Lipinski definition) is 1. The number of hydrazone groups is 1. The van der Waals surface area contributed by atoms with E-state index in [1.54, 1.807) is 12.1 Å². The Kier molecular flexibility index (Phi) is 3.96. The molecule has 3 heterocycles. The van der Waals surface area contributed by atoms with E-state index in [2.05, 4.69) is 15.4 Å². The SMILES string of the molecule is CCSC1=NN2C(=c3ccccc3=NC2c2ccc([N+](=O)[O-])o2)C(=O)N1. The molecular formula is C16H13N5O4S. The van der Waals surface area contributed by atoms with Gasteiger partial charge in [-0.2, -0.15) is 0 Å². The highest BCUT2D eigenvalue weighted by atomic mass is 32.2. The Labute approximate surface area is 151 Å². The first-order valence-corrected chi connectivity index (χ1v) is 8.80. The molecular weight excluding hydrogens is 358 g/mol. The van der Waals surface area contributed by atoms with Gasteiger partial charge in [0.1, 0.15) is 10.6 Å². The number of nitrogens with zero attached hydrogens (tertiary/aromatic N) is 4. The van der Waals surface area contributed by atoms with Crippen LogP contribution in [0.3, 0.4) is 0 Å². The van der Waals surface area contributed by atoms with Crippen molar-refractivity contribution in [3.63, 3.8) is 0 Å². The normalized spacial score (nSPS) is 18.4. The summed E-state index contributed by atoms with van der Waals surface area (Å²) in [6.07, 6.45) is -0.799. The lowest BCUT2D eigenvalue weighted by atomic mass is 10.1. The summed E-state index contributed by atoms with van der Waals surface area (Å²) in [5.74, 6) is 0.281. The highest BCUT2D eigenvalue weighted by Gasteiger charge is 2.36. The van der Waals surface area contributed by atoms with Crippen LogP contribution in [-0.4, -0.2) is 26.8 Å². The van der Waals surface area contributed by atoms with Gasteiger partial charge in [0.25, 0.3) is 5.91 Å². The number of thioether (sulfide) groups is 1. The maximum atomic E-state index is 12.7. The van der Waals surface area contributed by atoms with Crippen LogP contribution in [0.5, 0.6) is 0 Å². The third-order valence-corrected chi connectivity index (χ3v) is 4.59. The molecule has 0 saturated carbocycles. The zero-order valence-electron chi connectivity index (χ0n) is 13.6. The molecule has 0 radical (unpaired) electrons. The minimum absolute atomic E-state index is 0.239. The van der Waals surface area contributed by atoms with E-state index in [0.717, 1.165) is 5.75 Å². The molecule has 4 rings (SSSR count). The number of rotatable bonds is 3. The van der Waals surface area contributed by atoms with Crippen LogP contribution in [0.15, 0.2) is 50.9 Å². The number of benzene rings is 1. The third-order valence-electron chi connectivity index (χ3n) is 3.84. The second-order valence-electron chi connectivity index (χ2n) is 5.44. The van der Waals surface area contributed by atoms with Crippen molar-refractivity contribution in [2.45, 2.75) is 13.1 Å². The largest absolute Gasteiger partial charge is 0.433 e. The number of amides is 1. The zero-order valence-corrected chi connectivity index (χ0v) is 14.4. The molecule has 26 heavy (non-hydrogen) atoms. The molecule has 2 aliphatic rings. The van der Waals surface area contributed by atoms with Crippen LogP contribution in [0.1, 0.15) is 18.8 Å². The molecule has 2 aromatic rings. The molecule has 1 unspecified atom stereocenters. The number of carbonyl (C=O) groups excluding carboxylic acids is 1. The fourth-order valence-corrected chi connectivity index (χ4v) is 3.38. The molecule has 0 bridgehead atoms. The first-order valence-electron chi connectivity index (χ1n) is 7.81. The fraction of sp³-hybridized carbons (Fsp3) is 0.188. The molecule has 1 aromatic carbocycles. The average molecular weight is 371 g/mol. The molecule has 2 aliphatic heterocycles. The summed E-state index contributed by atoms with van der Waals surface area (Å²) in [6.45, 7) is 1.95. The van der Waals surface area contributed by atoms with Gasteiger partial charge in [-0.25, -0.2) is 10.0 Å². The molecule has 10 heteroatoms. The number of nitrogens with one attached hydrogen (secondary N) is 1. The van der Waals surface area contributed by atoms with Crippen molar-refractivity contribution < 1.29 is 14.1 Å². The topological polar surface area (TPSA) is 113 Å². The Morgan fingerprint density at radius 1 is 1.35 bits per heavy atom. The van der Waals surface area contributed by atoms with Crippen molar-refractivity contribution in [3.8, 4) is 0 Å². The maximum Gasteiger partial charge on any atom is 0.433 e. The van der Waals surface area contributed by atoms with Crippen molar-refractivity contribution in [1.82, 2.24) is 10.3 Å². The average Bonchev–Trinajstić information content (AvgIpc) is 3.11. The molecule has 132 valence electrons. The molecule has 1 atom stereocenters. The number of hydrogen-bond acceptors (Lipinski definition) is 8. The molecule has 0 spiro atoms. The van der Waals surface area contributed by atoms with Gasteiger partial charge in [-0.3, -0.25) is 20.2 Å². The van der Waals surface area contributed by atoms with Gasteiger partial charge in [0.15, 0.2) is 10.9 Å². The Hall–Kier alpha value is -3.14. The van der Waals surface area contributed by atoms with Crippen LogP contribution in [0, 0.1) is 10.1 Å². The van der Waals surface area contributed by atoms with E-state index in [1.165, 1.54) is 28.9 Å². The van der Waals surface area contributed by atoms with Crippen molar-refractivity contribution in [2.24, 2.45) is 10.1 Å². The lowest BCUT2D eigenvalue weighted by Crippen LogP contribution is -2.50. The van der Waals surface area contributed by atoms with Crippen LogP contribution in [-0.2, 0) is 4.79 Å². The number of amidine groups is 1. The highest BCUT2D eigenvalue weighted by molar-refractivity contribution is 8.13. The lowest BCUT2D eigenvalue weighted by molar-refractivity contribution is -0.402. The van der Waals surface area contributed by atoms with Crippen molar-refractivity contribution >= 4 is 34.4 Å². The molecule has 1 aromatic heterocycles. The van der Waals surface area contributed by atoms with Gasteiger partial charge in [-0.05, 0) is 17.9 Å². The minimum Gasteiger partial charge on any atom is -0.401 e. The summed E-state index contributed by atoms with van der Waals surface area (Å²) in [7, 11) is 0. The Morgan fingerprint density at radius 3 is 2.88 bits per heavy atom. The Balaban J connectivity index is 1.92.